The fraction of sp³-hybridized carbons (Fsp3) is 0.643. The summed E-state index contributed by atoms with van der Waals surface area (Å²) in [5, 5.41) is 6.66. The van der Waals surface area contributed by atoms with E-state index in [1.165, 1.54) is 7.11 Å². The first-order valence-electron chi connectivity index (χ1n) is 13.4. The van der Waals surface area contributed by atoms with Crippen molar-refractivity contribution in [2.75, 3.05) is 31.7 Å². The zero-order valence-corrected chi connectivity index (χ0v) is 23.7. The molecule has 2 aromatic rings. The van der Waals surface area contributed by atoms with Crippen molar-refractivity contribution in [3.8, 4) is 5.75 Å². The molecule has 2 atom stereocenters. The first kappa shape index (κ1) is 29.3. The largest absolute Gasteiger partial charge is 0.494 e. The van der Waals surface area contributed by atoms with E-state index in [0.29, 0.717) is 35.8 Å². The molecule has 10 nitrogen and oxygen atoms in total. The Kier molecular flexibility index (Phi) is 9.99. The van der Waals surface area contributed by atoms with Gasteiger partial charge in [-0.1, -0.05) is 38.1 Å². The van der Waals surface area contributed by atoms with E-state index in [1.54, 1.807) is 45.0 Å². The highest BCUT2D eigenvalue weighted by molar-refractivity contribution is 5.82. The standard InChI is InChI=1S/C28H42N4O6/c1-18(2)24-30-26(38-31-24)32-15-12-20(13-16-32)19(3)14-17-36-22-10-8-21(9-11-22)23(25(33)35-7)29-27(34)37-28(4,5)6/h8-11,18-20,23H,12-17H2,1-7H3,(H,29,34)/t19?,23-/m0/s1. The molecule has 1 unspecified atom stereocenters. The van der Waals surface area contributed by atoms with Gasteiger partial charge in [-0.3, -0.25) is 0 Å². The van der Waals surface area contributed by atoms with Gasteiger partial charge in [-0.05, 0) is 69.6 Å². The quantitative estimate of drug-likeness (QED) is 0.411. The van der Waals surface area contributed by atoms with Crippen molar-refractivity contribution < 1.29 is 28.3 Å². The number of piperidine rings is 1. The Labute approximate surface area is 225 Å². The molecular formula is C28H42N4O6. The molecule has 0 bridgehead atoms. The molecule has 1 aromatic carbocycles. The highest BCUT2D eigenvalue weighted by Gasteiger charge is 2.28. The van der Waals surface area contributed by atoms with Crippen molar-refractivity contribution >= 4 is 18.1 Å². The molecule has 0 radical (unpaired) electrons. The minimum Gasteiger partial charge on any atom is -0.494 e. The molecule has 1 aliphatic rings. The van der Waals surface area contributed by atoms with Gasteiger partial charge >= 0.3 is 18.1 Å². The third-order valence-corrected chi connectivity index (χ3v) is 6.72. The molecule has 10 heteroatoms. The fourth-order valence-corrected chi connectivity index (χ4v) is 4.43. The van der Waals surface area contributed by atoms with Gasteiger partial charge in [0.1, 0.15) is 11.4 Å². The number of nitrogens with one attached hydrogen (secondary N) is 1. The van der Waals surface area contributed by atoms with Crippen LogP contribution in [-0.4, -0.2) is 54.6 Å². The van der Waals surface area contributed by atoms with E-state index in [1.807, 2.05) is 0 Å². The first-order valence-corrected chi connectivity index (χ1v) is 13.4. The number of esters is 1. The number of carbonyl (C=O) groups excluding carboxylic acids is 2. The van der Waals surface area contributed by atoms with Crippen molar-refractivity contribution in [1.29, 1.82) is 0 Å². The number of methoxy groups -OCH3 is 1. The van der Waals surface area contributed by atoms with Crippen molar-refractivity contribution in [3.63, 3.8) is 0 Å². The molecule has 1 fully saturated rings. The number of rotatable bonds is 10. The molecule has 1 aromatic heterocycles. The lowest BCUT2D eigenvalue weighted by Gasteiger charge is -2.33. The molecule has 0 spiro atoms. The Bertz CT molecular complexity index is 1040. The number of amides is 1. The molecule has 3 rings (SSSR count). The summed E-state index contributed by atoms with van der Waals surface area (Å²) in [6, 6.07) is 6.73. The molecule has 1 saturated heterocycles. The van der Waals surface area contributed by atoms with E-state index in [0.717, 1.165) is 38.2 Å². The van der Waals surface area contributed by atoms with Crippen LogP contribution < -0.4 is 15.0 Å². The Morgan fingerprint density at radius 1 is 1.13 bits per heavy atom. The van der Waals surface area contributed by atoms with Crippen molar-refractivity contribution in [2.24, 2.45) is 11.8 Å². The zero-order chi connectivity index (χ0) is 27.9. The highest BCUT2D eigenvalue weighted by Crippen LogP contribution is 2.30. The highest BCUT2D eigenvalue weighted by atomic mass is 16.6. The number of anilines is 1. The second-order valence-corrected chi connectivity index (χ2v) is 11.2. The third-order valence-electron chi connectivity index (χ3n) is 6.72. The van der Waals surface area contributed by atoms with Crippen molar-refractivity contribution in [1.82, 2.24) is 15.5 Å². The number of alkyl carbamates (subject to hydrolysis) is 1. The van der Waals surface area contributed by atoms with Gasteiger partial charge in [0.2, 0.25) is 0 Å². The van der Waals surface area contributed by atoms with Crippen LogP contribution in [0, 0.1) is 11.8 Å². The van der Waals surface area contributed by atoms with Crippen LogP contribution in [0.15, 0.2) is 28.8 Å². The van der Waals surface area contributed by atoms with E-state index < -0.39 is 23.7 Å². The van der Waals surface area contributed by atoms with Gasteiger partial charge in [0.15, 0.2) is 11.9 Å². The molecule has 1 aliphatic heterocycles. The average molecular weight is 531 g/mol. The summed E-state index contributed by atoms with van der Waals surface area (Å²) in [7, 11) is 1.28. The van der Waals surface area contributed by atoms with E-state index in [9.17, 15) is 9.59 Å². The fourth-order valence-electron chi connectivity index (χ4n) is 4.43. The average Bonchev–Trinajstić information content (AvgIpc) is 3.37. The van der Waals surface area contributed by atoms with Crippen LogP contribution in [-0.2, 0) is 14.3 Å². The lowest BCUT2D eigenvalue weighted by Crippen LogP contribution is -2.38. The van der Waals surface area contributed by atoms with Crippen LogP contribution in [0.2, 0.25) is 0 Å². The molecule has 1 N–H and O–H groups in total. The minimum atomic E-state index is -0.973. The summed E-state index contributed by atoms with van der Waals surface area (Å²) < 4.78 is 21.6. The SMILES string of the molecule is COC(=O)[C@@H](NC(=O)OC(C)(C)C)c1ccc(OCCC(C)C2CCN(c3nc(C(C)C)no3)CC2)cc1. The predicted octanol–water partition coefficient (Wildman–Crippen LogP) is 5.25. The minimum absolute atomic E-state index is 0.254. The Morgan fingerprint density at radius 3 is 2.34 bits per heavy atom. The second kappa shape index (κ2) is 13.0. The lowest BCUT2D eigenvalue weighted by atomic mass is 9.84. The van der Waals surface area contributed by atoms with Crippen LogP contribution in [0.1, 0.15) is 84.2 Å². The van der Waals surface area contributed by atoms with Gasteiger partial charge in [-0.15, -0.1) is 0 Å². The van der Waals surface area contributed by atoms with Gasteiger partial charge in [0.05, 0.1) is 13.7 Å². The van der Waals surface area contributed by atoms with Crippen LogP contribution in [0.4, 0.5) is 10.8 Å². The van der Waals surface area contributed by atoms with Crippen LogP contribution >= 0.6 is 0 Å². The molecule has 38 heavy (non-hydrogen) atoms. The summed E-state index contributed by atoms with van der Waals surface area (Å²) in [6.07, 6.45) is 2.41. The topological polar surface area (TPSA) is 116 Å². The molecule has 210 valence electrons. The zero-order valence-electron chi connectivity index (χ0n) is 23.7. The van der Waals surface area contributed by atoms with E-state index in [-0.39, 0.29) is 5.92 Å². The van der Waals surface area contributed by atoms with Gasteiger partial charge in [0, 0.05) is 19.0 Å². The number of benzene rings is 1. The predicted molar refractivity (Wildman–Crippen MR) is 143 cm³/mol. The first-order chi connectivity index (χ1) is 18.0. The molecule has 2 heterocycles. The smallest absolute Gasteiger partial charge is 0.408 e. The molecule has 0 saturated carbocycles. The van der Waals surface area contributed by atoms with Gasteiger partial charge in [-0.25, -0.2) is 9.59 Å². The van der Waals surface area contributed by atoms with Gasteiger partial charge in [-0.2, -0.15) is 4.98 Å². The Balaban J connectivity index is 1.45. The van der Waals surface area contributed by atoms with Crippen LogP contribution in [0.25, 0.3) is 0 Å². The van der Waals surface area contributed by atoms with Crippen molar-refractivity contribution in [3.05, 3.63) is 35.7 Å². The molecule has 1 amide bonds. The van der Waals surface area contributed by atoms with E-state index in [2.05, 4.69) is 41.1 Å². The van der Waals surface area contributed by atoms with Crippen LogP contribution in [0.5, 0.6) is 5.75 Å². The summed E-state index contributed by atoms with van der Waals surface area (Å²) in [5.41, 5.74) is -0.0978. The summed E-state index contributed by atoms with van der Waals surface area (Å²) in [5.74, 6) is 2.26. The number of hydrogen-bond acceptors (Lipinski definition) is 9. The maximum atomic E-state index is 12.3. The molecular weight excluding hydrogens is 488 g/mol. The number of ether oxygens (including phenoxy) is 3. The van der Waals surface area contributed by atoms with Crippen LogP contribution in [0.3, 0.4) is 0 Å². The van der Waals surface area contributed by atoms with Crippen molar-refractivity contribution in [2.45, 2.75) is 78.4 Å². The number of aromatic nitrogens is 2. The Hall–Kier alpha value is -3.30. The lowest BCUT2D eigenvalue weighted by molar-refractivity contribution is -0.143. The number of carbonyl (C=O) groups is 2. The third kappa shape index (κ3) is 8.36. The summed E-state index contributed by atoms with van der Waals surface area (Å²) in [4.78, 5) is 31.2. The second-order valence-electron chi connectivity index (χ2n) is 11.2. The molecule has 0 aliphatic carbocycles. The maximum Gasteiger partial charge on any atom is 0.408 e. The number of nitrogens with zero attached hydrogens (tertiary/aromatic N) is 3. The van der Waals surface area contributed by atoms with Gasteiger partial charge < -0.3 is 29.0 Å². The summed E-state index contributed by atoms with van der Waals surface area (Å²) in [6.45, 7) is 14.1. The maximum absolute atomic E-state index is 12.3. The monoisotopic (exact) mass is 530 g/mol. The normalized spacial score (nSPS) is 16.2. The Morgan fingerprint density at radius 2 is 1.79 bits per heavy atom. The van der Waals surface area contributed by atoms with E-state index >= 15 is 0 Å². The van der Waals surface area contributed by atoms with Gasteiger partial charge in [0.25, 0.3) is 0 Å². The number of hydrogen-bond donors (Lipinski definition) is 1. The van der Waals surface area contributed by atoms with E-state index in [4.69, 9.17) is 18.7 Å². The summed E-state index contributed by atoms with van der Waals surface area (Å²) >= 11 is 0.